The van der Waals surface area contributed by atoms with Crippen molar-refractivity contribution in [2.45, 2.75) is 25.3 Å². The Morgan fingerprint density at radius 1 is 1.11 bits per heavy atom. The van der Waals surface area contributed by atoms with Gasteiger partial charge >= 0.3 is 0 Å². The van der Waals surface area contributed by atoms with Crippen molar-refractivity contribution in [3.05, 3.63) is 88.7 Å². The average molecular weight is 482 g/mol. The maximum Gasteiger partial charge on any atom is 0.266 e. The van der Waals surface area contributed by atoms with Gasteiger partial charge in [0.2, 0.25) is 5.91 Å². The van der Waals surface area contributed by atoms with Gasteiger partial charge in [-0.3, -0.25) is 14.5 Å². The topological polar surface area (TPSA) is 103 Å². The maximum absolute atomic E-state index is 13.9. The maximum atomic E-state index is 13.9. The molecule has 180 valence electrons. The van der Waals surface area contributed by atoms with Gasteiger partial charge in [0.25, 0.3) is 5.91 Å². The quantitative estimate of drug-likeness (QED) is 0.616. The fourth-order valence-electron chi connectivity index (χ4n) is 5.05. The lowest BCUT2D eigenvalue weighted by Gasteiger charge is -2.31. The Morgan fingerprint density at radius 2 is 1.86 bits per heavy atom. The molecule has 2 amide bonds. The fourth-order valence-corrected chi connectivity index (χ4v) is 5.05. The van der Waals surface area contributed by atoms with Crippen molar-refractivity contribution in [2.24, 2.45) is 10.7 Å². The molecule has 0 fully saturated rings. The Morgan fingerprint density at radius 3 is 2.56 bits per heavy atom. The van der Waals surface area contributed by atoms with Gasteiger partial charge in [-0.1, -0.05) is 36.4 Å². The zero-order chi connectivity index (χ0) is 25.6. The monoisotopic (exact) mass is 481 g/mol. The first-order chi connectivity index (χ1) is 17.3. The normalized spacial score (nSPS) is 19.1. The molecule has 1 atom stereocenters. The minimum atomic E-state index is -1.42. The Hall–Kier alpha value is -4.51. The van der Waals surface area contributed by atoms with Crippen molar-refractivity contribution < 1.29 is 14.0 Å². The second kappa shape index (κ2) is 8.61. The number of nitriles is 1. The number of rotatable bonds is 3. The van der Waals surface area contributed by atoms with Crippen LogP contribution in [-0.4, -0.2) is 36.3 Å². The SMILES string of the molecule is CC(=O)N1CCCc2cc(C3(c4cccc(-c5ccc(F)c(C#N)c5)c4)N=C(N)N(C)C3=O)ccc21. The summed E-state index contributed by atoms with van der Waals surface area (Å²) < 4.78 is 13.9. The Labute approximate surface area is 208 Å². The van der Waals surface area contributed by atoms with Gasteiger partial charge in [-0.25, -0.2) is 9.38 Å². The molecule has 7 nitrogen and oxygen atoms in total. The Balaban J connectivity index is 1.69. The molecule has 2 aliphatic heterocycles. The standard InChI is InChI=1S/C28H24FN5O2/c1-17(35)34-12-4-6-20-15-23(9-11-25(20)34)28(26(36)33(2)27(31)32-28)22-7-3-5-18(14-22)19-8-10-24(29)21(13-19)16-30/h3,5,7-11,13-15H,4,6,12H2,1-2H3,(H2,31,32). The third-order valence-electron chi connectivity index (χ3n) is 6.94. The van der Waals surface area contributed by atoms with Crippen LogP contribution >= 0.6 is 0 Å². The van der Waals surface area contributed by atoms with Crippen molar-refractivity contribution in [3.8, 4) is 17.2 Å². The number of aliphatic imine (C=N–C) groups is 1. The molecule has 2 aliphatic rings. The number of hydrogen-bond donors (Lipinski definition) is 1. The molecule has 0 bridgehead atoms. The summed E-state index contributed by atoms with van der Waals surface area (Å²) in [4.78, 5) is 33.7. The van der Waals surface area contributed by atoms with Crippen molar-refractivity contribution in [2.75, 3.05) is 18.5 Å². The highest BCUT2D eigenvalue weighted by molar-refractivity contribution is 6.09. The minimum absolute atomic E-state index is 0.0268. The summed E-state index contributed by atoms with van der Waals surface area (Å²) in [5.41, 5.74) is 9.08. The van der Waals surface area contributed by atoms with E-state index in [0.717, 1.165) is 24.1 Å². The van der Waals surface area contributed by atoms with Crippen LogP contribution < -0.4 is 10.6 Å². The Bertz CT molecular complexity index is 1490. The van der Waals surface area contributed by atoms with Crippen LogP contribution in [0.4, 0.5) is 10.1 Å². The van der Waals surface area contributed by atoms with Gasteiger partial charge in [0, 0.05) is 26.2 Å². The minimum Gasteiger partial charge on any atom is -0.369 e. The zero-order valence-corrected chi connectivity index (χ0v) is 20.0. The van der Waals surface area contributed by atoms with Crippen molar-refractivity contribution in [1.82, 2.24) is 4.90 Å². The smallest absolute Gasteiger partial charge is 0.266 e. The van der Waals surface area contributed by atoms with Gasteiger partial charge in [-0.15, -0.1) is 0 Å². The van der Waals surface area contributed by atoms with Crippen LogP contribution in [0, 0.1) is 17.1 Å². The summed E-state index contributed by atoms with van der Waals surface area (Å²) in [6, 6.07) is 19.1. The molecule has 36 heavy (non-hydrogen) atoms. The van der Waals surface area contributed by atoms with E-state index in [1.165, 1.54) is 17.0 Å². The van der Waals surface area contributed by atoms with E-state index in [1.54, 1.807) is 31.0 Å². The molecule has 0 aromatic heterocycles. The van der Waals surface area contributed by atoms with Gasteiger partial charge in [-0.05, 0) is 64.9 Å². The summed E-state index contributed by atoms with van der Waals surface area (Å²) in [5, 5.41) is 9.25. The molecule has 1 unspecified atom stereocenters. The number of likely N-dealkylation sites (N-methyl/N-ethyl adjacent to an activating group) is 1. The summed E-state index contributed by atoms with van der Waals surface area (Å²) in [6.07, 6.45) is 1.60. The van der Waals surface area contributed by atoms with Crippen LogP contribution in [0.15, 0.2) is 65.7 Å². The lowest BCUT2D eigenvalue weighted by atomic mass is 9.80. The number of benzene rings is 3. The lowest BCUT2D eigenvalue weighted by molar-refractivity contribution is -0.129. The van der Waals surface area contributed by atoms with Crippen molar-refractivity contribution in [1.29, 1.82) is 5.26 Å². The van der Waals surface area contributed by atoms with Crippen LogP contribution in [0.3, 0.4) is 0 Å². The van der Waals surface area contributed by atoms with Gasteiger partial charge in [-0.2, -0.15) is 5.26 Å². The molecule has 0 aliphatic carbocycles. The molecule has 2 N–H and O–H groups in total. The molecule has 0 saturated carbocycles. The number of nitrogens with zero attached hydrogens (tertiary/aromatic N) is 4. The van der Waals surface area contributed by atoms with Gasteiger partial charge in [0.1, 0.15) is 11.9 Å². The number of carbonyl (C=O) groups excluding carboxylic acids is 2. The predicted molar refractivity (Wildman–Crippen MR) is 135 cm³/mol. The number of aryl methyl sites for hydroxylation is 1. The molecule has 2 heterocycles. The number of anilines is 1. The molecular formula is C28H24FN5O2. The van der Waals surface area contributed by atoms with Crippen LogP contribution in [0.5, 0.6) is 0 Å². The molecule has 0 radical (unpaired) electrons. The number of carbonyl (C=O) groups is 2. The molecule has 3 aromatic carbocycles. The molecule has 8 heteroatoms. The third-order valence-corrected chi connectivity index (χ3v) is 6.94. The predicted octanol–water partition coefficient (Wildman–Crippen LogP) is 3.69. The number of guanidine groups is 1. The van der Waals surface area contributed by atoms with Crippen molar-refractivity contribution in [3.63, 3.8) is 0 Å². The molecule has 0 saturated heterocycles. The summed E-state index contributed by atoms with van der Waals surface area (Å²) >= 11 is 0. The summed E-state index contributed by atoms with van der Waals surface area (Å²) in [7, 11) is 1.59. The number of fused-ring (bicyclic) bond motifs is 1. The number of nitrogens with two attached hydrogens (primary N) is 1. The first-order valence-electron chi connectivity index (χ1n) is 11.6. The largest absolute Gasteiger partial charge is 0.369 e. The van der Waals surface area contributed by atoms with E-state index >= 15 is 0 Å². The van der Waals surface area contributed by atoms with E-state index in [-0.39, 0.29) is 23.3 Å². The zero-order valence-electron chi connectivity index (χ0n) is 20.0. The fraction of sp³-hybridized carbons (Fsp3) is 0.214. The molecule has 3 aromatic rings. The summed E-state index contributed by atoms with van der Waals surface area (Å²) in [6.45, 7) is 2.20. The average Bonchev–Trinajstić information content (AvgIpc) is 3.13. The van der Waals surface area contributed by atoms with E-state index in [4.69, 9.17) is 5.73 Å². The third kappa shape index (κ3) is 3.52. The van der Waals surface area contributed by atoms with E-state index in [1.807, 2.05) is 42.5 Å². The molecule has 0 spiro atoms. The van der Waals surface area contributed by atoms with Crippen LogP contribution in [0.25, 0.3) is 11.1 Å². The van der Waals surface area contributed by atoms with Gasteiger partial charge in [0.15, 0.2) is 11.5 Å². The number of hydrogen-bond acceptors (Lipinski definition) is 5. The lowest BCUT2D eigenvalue weighted by Crippen LogP contribution is -2.41. The van der Waals surface area contributed by atoms with Crippen LogP contribution in [-0.2, 0) is 21.5 Å². The van der Waals surface area contributed by atoms with Crippen molar-refractivity contribution >= 4 is 23.5 Å². The van der Waals surface area contributed by atoms with E-state index in [9.17, 15) is 19.2 Å². The molecular weight excluding hydrogens is 457 g/mol. The van der Waals surface area contributed by atoms with Crippen LogP contribution in [0.1, 0.15) is 35.6 Å². The molecule has 5 rings (SSSR count). The second-order valence-electron chi connectivity index (χ2n) is 9.05. The number of halogens is 1. The van der Waals surface area contributed by atoms with E-state index in [2.05, 4.69) is 4.99 Å². The van der Waals surface area contributed by atoms with Gasteiger partial charge < -0.3 is 10.6 Å². The highest BCUT2D eigenvalue weighted by Crippen LogP contribution is 2.42. The Kier molecular flexibility index (Phi) is 5.56. The summed E-state index contributed by atoms with van der Waals surface area (Å²) in [5.74, 6) is -0.816. The second-order valence-corrected chi connectivity index (χ2v) is 9.05. The highest BCUT2D eigenvalue weighted by atomic mass is 19.1. The van der Waals surface area contributed by atoms with Crippen LogP contribution in [0.2, 0.25) is 0 Å². The van der Waals surface area contributed by atoms with E-state index < -0.39 is 11.4 Å². The van der Waals surface area contributed by atoms with Gasteiger partial charge in [0.05, 0.1) is 5.56 Å². The van der Waals surface area contributed by atoms with E-state index in [0.29, 0.717) is 28.8 Å². The first kappa shape index (κ1) is 23.2. The highest BCUT2D eigenvalue weighted by Gasteiger charge is 2.50. The number of amides is 2. The first-order valence-corrected chi connectivity index (χ1v) is 11.6.